The number of rotatable bonds is 4. The van der Waals surface area contributed by atoms with Crippen LogP contribution in [0.25, 0.3) is 0 Å². The normalized spacial score (nSPS) is 39.7. The average Bonchev–Trinajstić information content (AvgIpc) is 2.80. The van der Waals surface area contributed by atoms with Crippen molar-refractivity contribution in [2.75, 3.05) is 20.2 Å². The Balaban J connectivity index is 1.89. The predicted molar refractivity (Wildman–Crippen MR) is 69.0 cm³/mol. The van der Waals surface area contributed by atoms with Crippen LogP contribution in [0.4, 0.5) is 0 Å². The van der Waals surface area contributed by atoms with Gasteiger partial charge in [-0.2, -0.15) is 0 Å². The Hall–Kier alpha value is -0.120. The molecule has 0 bridgehead atoms. The van der Waals surface area contributed by atoms with E-state index in [2.05, 4.69) is 11.8 Å². The lowest BCUT2D eigenvalue weighted by atomic mass is 9.81. The second kappa shape index (κ2) is 6.17. The largest absolute Gasteiger partial charge is 0.391 e. The quantitative estimate of drug-likeness (QED) is 0.817. The maximum Gasteiger partial charge on any atom is 0.0710 e. The minimum Gasteiger partial charge on any atom is -0.391 e. The molecular formula is C14H27NO2. The molecule has 3 heteroatoms. The van der Waals surface area contributed by atoms with Crippen LogP contribution in [0, 0.1) is 5.92 Å². The van der Waals surface area contributed by atoms with Crippen molar-refractivity contribution in [1.82, 2.24) is 4.90 Å². The van der Waals surface area contributed by atoms with Gasteiger partial charge in [0.1, 0.15) is 0 Å². The lowest BCUT2D eigenvalue weighted by Gasteiger charge is -2.39. The van der Waals surface area contributed by atoms with E-state index in [9.17, 15) is 5.11 Å². The maximum absolute atomic E-state index is 10.2. The lowest BCUT2D eigenvalue weighted by molar-refractivity contribution is 0.00402. The Morgan fingerprint density at radius 2 is 2.12 bits per heavy atom. The van der Waals surface area contributed by atoms with Gasteiger partial charge in [-0.1, -0.05) is 19.8 Å². The number of aliphatic hydroxyl groups excluding tert-OH is 1. The molecule has 0 aromatic heterocycles. The van der Waals surface area contributed by atoms with Gasteiger partial charge in [-0.05, 0) is 31.6 Å². The summed E-state index contributed by atoms with van der Waals surface area (Å²) in [5, 5.41) is 10.2. The molecule has 2 rings (SSSR count). The molecular weight excluding hydrogens is 214 g/mol. The minimum absolute atomic E-state index is 0.112. The number of aliphatic hydroxyl groups is 1. The molecule has 2 fully saturated rings. The molecule has 1 N–H and O–H groups in total. The van der Waals surface area contributed by atoms with Crippen LogP contribution in [0.5, 0.6) is 0 Å². The summed E-state index contributed by atoms with van der Waals surface area (Å²) in [5.41, 5.74) is 0. The summed E-state index contributed by atoms with van der Waals surface area (Å²) in [6.07, 6.45) is 7.38. The summed E-state index contributed by atoms with van der Waals surface area (Å²) in [6, 6.07) is 0.389. The third kappa shape index (κ3) is 3.21. The van der Waals surface area contributed by atoms with Gasteiger partial charge in [0, 0.05) is 26.2 Å². The Labute approximate surface area is 105 Å². The Morgan fingerprint density at radius 3 is 2.76 bits per heavy atom. The molecule has 4 atom stereocenters. The van der Waals surface area contributed by atoms with E-state index in [0.717, 1.165) is 31.8 Å². The zero-order valence-corrected chi connectivity index (χ0v) is 11.3. The summed E-state index contributed by atoms with van der Waals surface area (Å²) in [5.74, 6) is 0.829. The highest BCUT2D eigenvalue weighted by molar-refractivity contribution is 4.90. The first-order valence-electron chi connectivity index (χ1n) is 7.19. The van der Waals surface area contributed by atoms with Crippen molar-refractivity contribution in [1.29, 1.82) is 0 Å². The van der Waals surface area contributed by atoms with Crippen molar-refractivity contribution in [3.63, 3.8) is 0 Å². The maximum atomic E-state index is 10.2. The monoisotopic (exact) mass is 241 g/mol. The number of likely N-dealkylation sites (tertiary alicyclic amines) is 1. The van der Waals surface area contributed by atoms with Crippen LogP contribution in [0.2, 0.25) is 0 Å². The van der Waals surface area contributed by atoms with Gasteiger partial charge in [0.05, 0.1) is 12.2 Å². The molecule has 0 aromatic carbocycles. The first-order valence-corrected chi connectivity index (χ1v) is 7.19. The van der Waals surface area contributed by atoms with Crippen molar-refractivity contribution in [2.24, 2.45) is 5.92 Å². The molecule has 2 aliphatic rings. The fourth-order valence-electron chi connectivity index (χ4n) is 3.53. The van der Waals surface area contributed by atoms with E-state index in [1.807, 2.05) is 0 Å². The Morgan fingerprint density at radius 1 is 1.29 bits per heavy atom. The topological polar surface area (TPSA) is 32.7 Å². The fourth-order valence-corrected chi connectivity index (χ4v) is 3.53. The van der Waals surface area contributed by atoms with Crippen LogP contribution in [-0.4, -0.2) is 48.5 Å². The number of ether oxygens (including phenoxy) is 1. The van der Waals surface area contributed by atoms with E-state index in [1.165, 1.54) is 25.7 Å². The summed E-state index contributed by atoms with van der Waals surface area (Å²) < 4.78 is 5.42. The van der Waals surface area contributed by atoms with Gasteiger partial charge in [-0.25, -0.2) is 0 Å². The van der Waals surface area contributed by atoms with Gasteiger partial charge in [-0.3, -0.25) is 4.90 Å². The first-order chi connectivity index (χ1) is 8.24. The molecule has 1 saturated carbocycles. The Kier molecular flexibility index (Phi) is 4.83. The van der Waals surface area contributed by atoms with Gasteiger partial charge in [0.15, 0.2) is 0 Å². The highest BCUT2D eigenvalue weighted by atomic mass is 16.5. The molecule has 4 unspecified atom stereocenters. The van der Waals surface area contributed by atoms with Crippen molar-refractivity contribution in [2.45, 2.75) is 63.7 Å². The molecule has 0 aromatic rings. The van der Waals surface area contributed by atoms with Crippen LogP contribution in [0.3, 0.4) is 0 Å². The molecule has 17 heavy (non-hydrogen) atoms. The smallest absolute Gasteiger partial charge is 0.0710 e. The molecule has 100 valence electrons. The van der Waals surface area contributed by atoms with Crippen LogP contribution in [-0.2, 0) is 4.74 Å². The minimum atomic E-state index is -0.112. The van der Waals surface area contributed by atoms with E-state index < -0.39 is 0 Å². The second-order valence-corrected chi connectivity index (χ2v) is 5.74. The summed E-state index contributed by atoms with van der Waals surface area (Å²) in [4.78, 5) is 2.46. The Bertz CT molecular complexity index is 234. The molecule has 1 aliphatic heterocycles. The fraction of sp³-hybridized carbons (Fsp3) is 1.00. The molecule has 0 amide bonds. The zero-order valence-electron chi connectivity index (χ0n) is 11.3. The lowest BCUT2D eigenvalue weighted by Crippen LogP contribution is -2.46. The van der Waals surface area contributed by atoms with Gasteiger partial charge in [-0.15, -0.1) is 0 Å². The van der Waals surface area contributed by atoms with Gasteiger partial charge >= 0.3 is 0 Å². The molecule has 1 heterocycles. The highest BCUT2D eigenvalue weighted by Crippen LogP contribution is 2.32. The van der Waals surface area contributed by atoms with Gasteiger partial charge in [0.2, 0.25) is 0 Å². The van der Waals surface area contributed by atoms with Gasteiger partial charge < -0.3 is 9.84 Å². The van der Waals surface area contributed by atoms with Crippen LogP contribution in [0.1, 0.15) is 45.4 Å². The molecule has 0 radical (unpaired) electrons. The van der Waals surface area contributed by atoms with Crippen molar-refractivity contribution >= 4 is 0 Å². The van der Waals surface area contributed by atoms with Crippen molar-refractivity contribution < 1.29 is 9.84 Å². The molecule has 0 spiro atoms. The molecule has 1 aliphatic carbocycles. The predicted octanol–water partition coefficient (Wildman–Crippen LogP) is 2.04. The molecule has 1 saturated heterocycles. The second-order valence-electron chi connectivity index (χ2n) is 5.74. The standard InChI is InChI=1S/C14H27NO2/c1-3-4-11-5-6-14(16)13(9-11)15-8-7-12(10-15)17-2/h11-14,16H,3-10H2,1-2H3. The van der Waals surface area contributed by atoms with Crippen LogP contribution < -0.4 is 0 Å². The molecule has 3 nitrogen and oxygen atoms in total. The third-order valence-electron chi connectivity index (χ3n) is 4.57. The van der Waals surface area contributed by atoms with E-state index >= 15 is 0 Å². The number of hydrogen-bond donors (Lipinski definition) is 1. The number of nitrogens with zero attached hydrogens (tertiary/aromatic N) is 1. The summed E-state index contributed by atoms with van der Waals surface area (Å²) in [7, 11) is 1.80. The average molecular weight is 241 g/mol. The number of hydrogen-bond acceptors (Lipinski definition) is 3. The van der Waals surface area contributed by atoms with E-state index in [1.54, 1.807) is 7.11 Å². The third-order valence-corrected chi connectivity index (χ3v) is 4.57. The summed E-state index contributed by atoms with van der Waals surface area (Å²) in [6.45, 7) is 4.37. The van der Waals surface area contributed by atoms with E-state index in [4.69, 9.17) is 4.74 Å². The van der Waals surface area contributed by atoms with E-state index in [-0.39, 0.29) is 6.10 Å². The highest BCUT2D eigenvalue weighted by Gasteiger charge is 2.36. The zero-order chi connectivity index (χ0) is 12.3. The van der Waals surface area contributed by atoms with Crippen molar-refractivity contribution in [3.05, 3.63) is 0 Å². The summed E-state index contributed by atoms with van der Waals surface area (Å²) >= 11 is 0. The van der Waals surface area contributed by atoms with Gasteiger partial charge in [0.25, 0.3) is 0 Å². The van der Waals surface area contributed by atoms with Crippen molar-refractivity contribution in [3.8, 4) is 0 Å². The van der Waals surface area contributed by atoms with Crippen LogP contribution >= 0.6 is 0 Å². The van der Waals surface area contributed by atoms with E-state index in [0.29, 0.717) is 12.1 Å². The SMILES string of the molecule is CCCC1CCC(O)C(N2CCC(OC)C2)C1. The first kappa shape index (κ1) is 13.3. The van der Waals surface area contributed by atoms with Crippen LogP contribution in [0.15, 0.2) is 0 Å². The number of methoxy groups -OCH3 is 1.